The summed E-state index contributed by atoms with van der Waals surface area (Å²) in [7, 11) is 1.65. The highest BCUT2D eigenvalue weighted by Crippen LogP contribution is 2.29. The molecule has 0 bridgehead atoms. The van der Waals surface area contributed by atoms with E-state index >= 15 is 0 Å². The largest absolute Gasteiger partial charge is 0.332 e. The summed E-state index contributed by atoms with van der Waals surface area (Å²) in [5.41, 5.74) is 1.91. The lowest BCUT2D eigenvalue weighted by Gasteiger charge is -2.28. The van der Waals surface area contributed by atoms with Gasteiger partial charge in [0.1, 0.15) is 0 Å². The molecule has 0 amide bonds. The molecule has 0 saturated heterocycles. The summed E-state index contributed by atoms with van der Waals surface area (Å²) in [4.78, 5) is 30.8. The minimum absolute atomic E-state index is 0.108. The fourth-order valence-corrected chi connectivity index (χ4v) is 3.50. The van der Waals surface area contributed by atoms with E-state index in [0.29, 0.717) is 23.7 Å². The van der Waals surface area contributed by atoms with Crippen molar-refractivity contribution in [3.63, 3.8) is 0 Å². The highest BCUT2D eigenvalue weighted by molar-refractivity contribution is 5.90. The van der Waals surface area contributed by atoms with Crippen LogP contribution >= 0.6 is 0 Å². The highest BCUT2D eigenvalue weighted by atomic mass is 16.2. The van der Waals surface area contributed by atoms with E-state index in [4.69, 9.17) is 0 Å². The van der Waals surface area contributed by atoms with Crippen LogP contribution in [-0.4, -0.2) is 30.9 Å². The molecule has 2 aromatic heterocycles. The monoisotopic (exact) mass is 366 g/mol. The van der Waals surface area contributed by atoms with Crippen LogP contribution in [0.1, 0.15) is 32.4 Å². The average molecular weight is 366 g/mol. The van der Waals surface area contributed by atoms with Gasteiger partial charge in [0.05, 0.1) is 18.3 Å². The molecule has 0 fully saturated rings. The Labute approximate surface area is 156 Å². The van der Waals surface area contributed by atoms with Gasteiger partial charge in [-0.15, -0.1) is 0 Å². The summed E-state index contributed by atoms with van der Waals surface area (Å²) in [6.45, 7) is 6.75. The van der Waals surface area contributed by atoms with Crippen molar-refractivity contribution in [3.05, 3.63) is 56.7 Å². The molecule has 0 radical (unpaired) electrons. The molecule has 1 aliphatic rings. The van der Waals surface area contributed by atoms with Crippen molar-refractivity contribution in [1.82, 2.24) is 18.7 Å². The molecule has 3 aromatic rings. The van der Waals surface area contributed by atoms with Crippen LogP contribution in [0.3, 0.4) is 0 Å². The number of aromatic nitrogens is 4. The molecular formula is C19H22N6O2. The van der Waals surface area contributed by atoms with Gasteiger partial charge < -0.3 is 0 Å². The van der Waals surface area contributed by atoms with E-state index in [2.05, 4.69) is 10.1 Å². The Bertz CT molecular complexity index is 1170. The maximum absolute atomic E-state index is 13.3. The van der Waals surface area contributed by atoms with Gasteiger partial charge >= 0.3 is 5.69 Å². The predicted molar refractivity (Wildman–Crippen MR) is 106 cm³/mol. The van der Waals surface area contributed by atoms with Gasteiger partial charge in [-0.25, -0.2) is 9.80 Å². The van der Waals surface area contributed by atoms with Crippen LogP contribution in [0.5, 0.6) is 0 Å². The predicted octanol–water partition coefficient (Wildman–Crippen LogP) is 1.72. The molecule has 140 valence electrons. The molecule has 8 nitrogen and oxygen atoms in total. The number of aryl methyl sites for hydroxylation is 1. The molecule has 8 heteroatoms. The third kappa shape index (κ3) is 2.51. The molecule has 1 aliphatic heterocycles. The van der Waals surface area contributed by atoms with Gasteiger partial charge in [0, 0.05) is 13.6 Å². The smallest absolute Gasteiger partial charge is 0.294 e. The zero-order valence-corrected chi connectivity index (χ0v) is 15.9. The number of anilines is 1. The summed E-state index contributed by atoms with van der Waals surface area (Å²) in [6.07, 6.45) is 0. The molecule has 27 heavy (non-hydrogen) atoms. The molecule has 0 N–H and O–H groups in total. The SMILES string of the molecule is CCN1N=C(C)C(C)n2c1nc1c2c(=O)n(Cc2ccccc2)c(=O)n1C. The zero-order chi connectivity index (χ0) is 19.3. The third-order valence-electron chi connectivity index (χ3n) is 5.14. The number of nitrogens with zero attached hydrogens (tertiary/aromatic N) is 6. The van der Waals surface area contributed by atoms with Crippen LogP contribution in [0.4, 0.5) is 5.95 Å². The second kappa shape index (κ2) is 6.22. The van der Waals surface area contributed by atoms with Crippen LogP contribution in [0, 0.1) is 0 Å². The van der Waals surface area contributed by atoms with Crippen LogP contribution in [-0.2, 0) is 13.6 Å². The molecule has 4 rings (SSSR count). The summed E-state index contributed by atoms with van der Waals surface area (Å²) in [5, 5.41) is 6.33. The standard InChI is InChI=1S/C19H22N6O2/c1-5-24-18-20-16-15(25(18)13(3)12(2)21-24)17(26)23(19(27)22(16)4)11-14-9-7-6-8-10-14/h6-10,13H,5,11H2,1-4H3. The maximum Gasteiger partial charge on any atom is 0.332 e. The van der Waals surface area contributed by atoms with Crippen molar-refractivity contribution >= 4 is 22.8 Å². The van der Waals surface area contributed by atoms with Gasteiger partial charge in [0.2, 0.25) is 5.95 Å². The normalized spacial score (nSPS) is 16.5. The van der Waals surface area contributed by atoms with Crippen molar-refractivity contribution in [2.75, 3.05) is 11.6 Å². The molecule has 0 spiro atoms. The lowest BCUT2D eigenvalue weighted by molar-refractivity contribution is 0.631. The van der Waals surface area contributed by atoms with Gasteiger partial charge in [-0.2, -0.15) is 10.1 Å². The number of imidazole rings is 1. The number of rotatable bonds is 3. The second-order valence-corrected chi connectivity index (χ2v) is 6.81. The zero-order valence-electron chi connectivity index (χ0n) is 15.9. The Morgan fingerprint density at radius 3 is 2.52 bits per heavy atom. The molecule has 1 unspecified atom stereocenters. The van der Waals surface area contributed by atoms with Crippen molar-refractivity contribution in [2.24, 2.45) is 12.1 Å². The summed E-state index contributed by atoms with van der Waals surface area (Å²) in [6, 6.07) is 9.39. The molecular weight excluding hydrogens is 344 g/mol. The van der Waals surface area contributed by atoms with Gasteiger partial charge in [-0.05, 0) is 26.3 Å². The first-order valence-corrected chi connectivity index (χ1v) is 9.02. The van der Waals surface area contributed by atoms with Crippen molar-refractivity contribution in [3.8, 4) is 0 Å². The van der Waals surface area contributed by atoms with Crippen molar-refractivity contribution < 1.29 is 0 Å². The van der Waals surface area contributed by atoms with Crippen molar-refractivity contribution in [2.45, 2.75) is 33.4 Å². The topological polar surface area (TPSA) is 77.4 Å². The lowest BCUT2D eigenvalue weighted by Crippen LogP contribution is -2.40. The van der Waals surface area contributed by atoms with Crippen LogP contribution in [0.2, 0.25) is 0 Å². The lowest BCUT2D eigenvalue weighted by atomic mass is 10.2. The average Bonchev–Trinajstić information content (AvgIpc) is 3.08. The fourth-order valence-electron chi connectivity index (χ4n) is 3.50. The number of benzene rings is 1. The summed E-state index contributed by atoms with van der Waals surface area (Å²) >= 11 is 0. The van der Waals surface area contributed by atoms with E-state index in [1.807, 2.05) is 55.7 Å². The number of hydrazone groups is 1. The summed E-state index contributed by atoms with van der Waals surface area (Å²) in [5.74, 6) is 0.593. The second-order valence-electron chi connectivity index (χ2n) is 6.81. The van der Waals surface area contributed by atoms with Gasteiger partial charge in [-0.1, -0.05) is 30.3 Å². The Morgan fingerprint density at radius 2 is 1.85 bits per heavy atom. The quantitative estimate of drug-likeness (QED) is 0.707. The van der Waals surface area contributed by atoms with Gasteiger partial charge in [0.15, 0.2) is 11.2 Å². The van der Waals surface area contributed by atoms with E-state index in [1.54, 1.807) is 12.1 Å². The van der Waals surface area contributed by atoms with E-state index < -0.39 is 0 Å². The number of fused-ring (bicyclic) bond motifs is 3. The number of hydrogen-bond donors (Lipinski definition) is 0. The Hall–Kier alpha value is -3.16. The van der Waals surface area contributed by atoms with E-state index in [-0.39, 0.29) is 23.8 Å². The van der Waals surface area contributed by atoms with Crippen molar-refractivity contribution in [1.29, 1.82) is 0 Å². The van der Waals surface area contributed by atoms with Crippen LogP contribution < -0.4 is 16.3 Å². The maximum atomic E-state index is 13.3. The molecule has 0 aliphatic carbocycles. The highest BCUT2D eigenvalue weighted by Gasteiger charge is 2.29. The van der Waals surface area contributed by atoms with E-state index in [0.717, 1.165) is 11.3 Å². The number of hydrogen-bond acceptors (Lipinski definition) is 5. The molecule has 3 heterocycles. The van der Waals surface area contributed by atoms with Gasteiger partial charge in [-0.3, -0.25) is 18.5 Å². The first kappa shape index (κ1) is 17.3. The van der Waals surface area contributed by atoms with E-state index in [1.165, 1.54) is 9.13 Å². The Kier molecular flexibility index (Phi) is 3.98. The fraction of sp³-hybridized carbons (Fsp3) is 0.368. The first-order chi connectivity index (χ1) is 12.9. The van der Waals surface area contributed by atoms with Crippen LogP contribution in [0.15, 0.2) is 45.0 Å². The van der Waals surface area contributed by atoms with Crippen LogP contribution in [0.25, 0.3) is 11.2 Å². The van der Waals surface area contributed by atoms with Gasteiger partial charge in [0.25, 0.3) is 5.56 Å². The molecule has 1 atom stereocenters. The molecule has 1 aromatic carbocycles. The minimum atomic E-state index is -0.375. The first-order valence-electron chi connectivity index (χ1n) is 9.02. The summed E-state index contributed by atoms with van der Waals surface area (Å²) < 4.78 is 4.61. The Morgan fingerprint density at radius 1 is 1.15 bits per heavy atom. The minimum Gasteiger partial charge on any atom is -0.294 e. The molecule has 0 saturated carbocycles. The third-order valence-corrected chi connectivity index (χ3v) is 5.14. The Balaban J connectivity index is 2.02. The van der Waals surface area contributed by atoms with E-state index in [9.17, 15) is 9.59 Å².